The summed E-state index contributed by atoms with van der Waals surface area (Å²) in [6, 6.07) is 5.40. The lowest BCUT2D eigenvalue weighted by Crippen LogP contribution is -2.28. The van der Waals surface area contributed by atoms with Crippen LogP contribution in [0.25, 0.3) is 6.08 Å². The third kappa shape index (κ3) is 5.11. The van der Waals surface area contributed by atoms with Gasteiger partial charge in [-0.2, -0.15) is 0 Å². The second kappa shape index (κ2) is 9.78. The number of nitrogens with zero attached hydrogens (tertiary/aromatic N) is 2. The molecule has 0 aliphatic carbocycles. The summed E-state index contributed by atoms with van der Waals surface area (Å²) in [5.74, 6) is -0.0121. The number of rotatable bonds is 7. The summed E-state index contributed by atoms with van der Waals surface area (Å²) in [6.07, 6.45) is 1.76. The second-order valence-corrected chi connectivity index (χ2v) is 7.12. The van der Waals surface area contributed by atoms with Gasteiger partial charge in [-0.15, -0.1) is 0 Å². The van der Waals surface area contributed by atoms with Crippen LogP contribution in [-0.4, -0.2) is 48.2 Å². The molecule has 0 aromatic heterocycles. The fraction of sp³-hybridized carbons (Fsp3) is 0.389. The average molecular weight is 441 g/mol. The molecule has 0 spiro atoms. The van der Waals surface area contributed by atoms with Crippen LogP contribution in [0.1, 0.15) is 26.3 Å². The van der Waals surface area contributed by atoms with E-state index in [-0.39, 0.29) is 12.5 Å². The number of carbonyl (C=O) groups is 2. The van der Waals surface area contributed by atoms with Crippen molar-refractivity contribution in [1.82, 2.24) is 4.90 Å². The highest BCUT2D eigenvalue weighted by molar-refractivity contribution is 9.10. The van der Waals surface area contributed by atoms with Crippen molar-refractivity contribution in [3.8, 4) is 5.75 Å². The number of benzene rings is 1. The van der Waals surface area contributed by atoms with Gasteiger partial charge in [-0.3, -0.25) is 14.7 Å². The highest BCUT2D eigenvalue weighted by Crippen LogP contribution is 2.35. The fourth-order valence-electron chi connectivity index (χ4n) is 2.28. The SMILES string of the molecule is CCN=C1SC(=Cc2cc(Br)ccc2OCC(=O)OCC)C(=O)N1CC. The minimum Gasteiger partial charge on any atom is -0.481 e. The number of hydrogen-bond donors (Lipinski definition) is 0. The van der Waals surface area contributed by atoms with Crippen molar-refractivity contribution in [1.29, 1.82) is 0 Å². The van der Waals surface area contributed by atoms with Crippen molar-refractivity contribution in [3.05, 3.63) is 33.1 Å². The lowest BCUT2D eigenvalue weighted by molar-refractivity contribution is -0.145. The Morgan fingerprint density at radius 1 is 1.35 bits per heavy atom. The topological polar surface area (TPSA) is 68.2 Å². The van der Waals surface area contributed by atoms with Crippen molar-refractivity contribution >= 4 is 50.8 Å². The summed E-state index contributed by atoms with van der Waals surface area (Å²) < 4.78 is 11.3. The van der Waals surface area contributed by atoms with Crippen LogP contribution in [0.4, 0.5) is 0 Å². The summed E-state index contributed by atoms with van der Waals surface area (Å²) in [4.78, 5) is 30.7. The molecule has 1 aromatic rings. The molecule has 1 amide bonds. The van der Waals surface area contributed by atoms with Crippen molar-refractivity contribution < 1.29 is 19.1 Å². The van der Waals surface area contributed by atoms with E-state index in [9.17, 15) is 9.59 Å². The van der Waals surface area contributed by atoms with Crippen LogP contribution < -0.4 is 4.74 Å². The lowest BCUT2D eigenvalue weighted by atomic mass is 10.2. The molecule has 0 saturated carbocycles. The van der Waals surface area contributed by atoms with Crippen molar-refractivity contribution in [2.24, 2.45) is 4.99 Å². The van der Waals surface area contributed by atoms with Gasteiger partial charge in [0.25, 0.3) is 5.91 Å². The second-order valence-electron chi connectivity index (χ2n) is 5.19. The van der Waals surface area contributed by atoms with E-state index >= 15 is 0 Å². The Bertz CT molecular complexity index is 749. The molecule has 8 heteroatoms. The maximum atomic E-state index is 12.6. The first kappa shape index (κ1) is 20.5. The van der Waals surface area contributed by atoms with Gasteiger partial charge in [-0.25, -0.2) is 4.79 Å². The van der Waals surface area contributed by atoms with Gasteiger partial charge >= 0.3 is 5.97 Å². The Kier molecular flexibility index (Phi) is 7.71. The van der Waals surface area contributed by atoms with E-state index in [1.807, 2.05) is 26.0 Å². The van der Waals surface area contributed by atoms with Gasteiger partial charge in [-0.1, -0.05) is 15.9 Å². The Morgan fingerprint density at radius 3 is 2.77 bits per heavy atom. The van der Waals surface area contributed by atoms with Gasteiger partial charge in [0, 0.05) is 23.1 Å². The van der Waals surface area contributed by atoms with Gasteiger partial charge in [0.15, 0.2) is 11.8 Å². The van der Waals surface area contributed by atoms with Crippen LogP contribution in [-0.2, 0) is 14.3 Å². The molecule has 2 rings (SSSR count). The molecule has 1 heterocycles. The number of ether oxygens (including phenoxy) is 2. The maximum Gasteiger partial charge on any atom is 0.344 e. The third-order valence-electron chi connectivity index (χ3n) is 3.41. The minimum absolute atomic E-state index is 0.0824. The molecule has 1 fully saturated rings. The fourth-order valence-corrected chi connectivity index (χ4v) is 3.76. The zero-order chi connectivity index (χ0) is 19.1. The van der Waals surface area contributed by atoms with E-state index in [2.05, 4.69) is 20.9 Å². The molecule has 1 aliphatic heterocycles. The molecule has 0 atom stereocenters. The number of thioether (sulfide) groups is 1. The zero-order valence-electron chi connectivity index (χ0n) is 15.0. The molecule has 140 valence electrons. The van der Waals surface area contributed by atoms with Gasteiger partial charge < -0.3 is 9.47 Å². The number of likely N-dealkylation sites (N-methyl/N-ethyl adjacent to an activating group) is 1. The minimum atomic E-state index is -0.435. The van der Waals surface area contributed by atoms with Crippen LogP contribution in [0.2, 0.25) is 0 Å². The molecule has 6 nitrogen and oxygen atoms in total. The predicted molar refractivity (Wildman–Crippen MR) is 107 cm³/mol. The summed E-state index contributed by atoms with van der Waals surface area (Å²) >= 11 is 4.77. The highest BCUT2D eigenvalue weighted by Gasteiger charge is 2.32. The first-order valence-corrected chi connectivity index (χ1v) is 9.94. The Balaban J connectivity index is 2.29. The third-order valence-corrected chi connectivity index (χ3v) is 4.94. The first-order valence-electron chi connectivity index (χ1n) is 8.33. The Labute approximate surface area is 165 Å². The van der Waals surface area contributed by atoms with Crippen molar-refractivity contribution in [3.63, 3.8) is 0 Å². The largest absolute Gasteiger partial charge is 0.481 e. The smallest absolute Gasteiger partial charge is 0.344 e. The summed E-state index contributed by atoms with van der Waals surface area (Å²) in [5, 5.41) is 0.704. The number of aliphatic imine (C=N–C) groups is 1. The molecular weight excluding hydrogens is 420 g/mol. The molecule has 0 radical (unpaired) electrons. The van der Waals surface area contributed by atoms with Gasteiger partial charge in [0.1, 0.15) is 5.75 Å². The number of amidine groups is 1. The zero-order valence-corrected chi connectivity index (χ0v) is 17.4. The van der Waals surface area contributed by atoms with Gasteiger partial charge in [-0.05, 0) is 56.8 Å². The quantitative estimate of drug-likeness (QED) is 0.477. The van der Waals surface area contributed by atoms with Crippen LogP contribution >= 0.6 is 27.7 Å². The molecule has 0 N–H and O–H groups in total. The molecule has 0 unspecified atom stereocenters. The molecule has 1 aromatic carbocycles. The highest BCUT2D eigenvalue weighted by atomic mass is 79.9. The molecule has 1 saturated heterocycles. The number of amides is 1. The molecule has 0 bridgehead atoms. The molecule has 26 heavy (non-hydrogen) atoms. The maximum absolute atomic E-state index is 12.6. The van der Waals surface area contributed by atoms with E-state index in [0.29, 0.717) is 41.1 Å². The predicted octanol–water partition coefficient (Wildman–Crippen LogP) is 3.70. The number of halogens is 1. The standard InChI is InChI=1S/C18H21BrN2O4S/c1-4-20-18-21(5-2)17(23)15(26-18)10-12-9-13(19)7-8-14(12)25-11-16(22)24-6-3/h7-10H,4-6,11H2,1-3H3. The van der Waals surface area contributed by atoms with E-state index in [4.69, 9.17) is 9.47 Å². The number of esters is 1. The first-order chi connectivity index (χ1) is 12.5. The summed E-state index contributed by atoms with van der Waals surface area (Å²) in [7, 11) is 0. The summed E-state index contributed by atoms with van der Waals surface area (Å²) in [5.41, 5.74) is 0.702. The van der Waals surface area contributed by atoms with E-state index in [1.165, 1.54) is 11.8 Å². The normalized spacial score (nSPS) is 17.2. The molecule has 1 aliphatic rings. The average Bonchev–Trinajstić information content (AvgIpc) is 2.89. The van der Waals surface area contributed by atoms with Crippen molar-refractivity contribution in [2.45, 2.75) is 20.8 Å². The van der Waals surface area contributed by atoms with Crippen LogP contribution in [0, 0.1) is 0 Å². The number of hydrogen-bond acceptors (Lipinski definition) is 6. The van der Waals surface area contributed by atoms with E-state index < -0.39 is 5.97 Å². The molecular formula is C18H21BrN2O4S. The van der Waals surface area contributed by atoms with Gasteiger partial charge in [0.2, 0.25) is 0 Å². The lowest BCUT2D eigenvalue weighted by Gasteiger charge is -2.11. The summed E-state index contributed by atoms with van der Waals surface area (Å²) in [6.45, 7) is 6.89. The Hall–Kier alpha value is -1.80. The van der Waals surface area contributed by atoms with Crippen LogP contribution in [0.5, 0.6) is 5.75 Å². The monoisotopic (exact) mass is 440 g/mol. The van der Waals surface area contributed by atoms with Gasteiger partial charge in [0.05, 0.1) is 11.5 Å². The van der Waals surface area contributed by atoms with E-state index in [1.54, 1.807) is 24.0 Å². The van der Waals surface area contributed by atoms with Crippen molar-refractivity contribution in [2.75, 3.05) is 26.3 Å². The number of carbonyl (C=O) groups excluding carboxylic acids is 2. The van der Waals surface area contributed by atoms with Crippen LogP contribution in [0.15, 0.2) is 32.6 Å². The van der Waals surface area contributed by atoms with E-state index in [0.717, 1.165) is 4.47 Å². The Morgan fingerprint density at radius 2 is 2.12 bits per heavy atom. The van der Waals surface area contributed by atoms with Crippen LogP contribution in [0.3, 0.4) is 0 Å².